The summed E-state index contributed by atoms with van der Waals surface area (Å²) < 4.78 is 50.6. The van der Waals surface area contributed by atoms with E-state index in [1.165, 1.54) is 12.1 Å². The molecule has 5 nitrogen and oxygen atoms in total. The summed E-state index contributed by atoms with van der Waals surface area (Å²) in [5.41, 5.74) is -3.00. The molecule has 146 valence electrons. The van der Waals surface area contributed by atoms with Gasteiger partial charge < -0.3 is 9.47 Å². The Bertz CT molecular complexity index is 617. The number of ether oxygens (including phenoxy) is 2. The average Bonchev–Trinajstić information content (AvgIpc) is 2.52. The number of carbonyl (C=O) groups excluding carboxylic acids is 2. The molecule has 0 saturated carbocycles. The van der Waals surface area contributed by atoms with Crippen molar-refractivity contribution in [2.24, 2.45) is 0 Å². The molecule has 0 aromatic heterocycles. The highest BCUT2D eigenvalue weighted by Gasteiger charge is 2.62. The normalized spacial score (nSPS) is 14.3. The lowest BCUT2D eigenvalue weighted by Gasteiger charge is -2.33. The highest BCUT2D eigenvalue weighted by molar-refractivity contribution is 6.76. The van der Waals surface area contributed by atoms with E-state index < -0.39 is 38.3 Å². The Morgan fingerprint density at radius 3 is 2.15 bits per heavy atom. The molecule has 0 aliphatic rings. The van der Waals surface area contributed by atoms with Crippen LogP contribution < -0.4 is 5.32 Å². The Morgan fingerprint density at radius 1 is 1.12 bits per heavy atom. The van der Waals surface area contributed by atoms with Crippen LogP contribution in [0.25, 0.3) is 0 Å². The predicted octanol–water partition coefficient (Wildman–Crippen LogP) is 3.77. The molecule has 1 N–H and O–H groups in total. The Kier molecular flexibility index (Phi) is 7.25. The highest BCUT2D eigenvalue weighted by atomic mass is 28.3. The van der Waals surface area contributed by atoms with Crippen LogP contribution in [0.1, 0.15) is 5.56 Å². The summed E-state index contributed by atoms with van der Waals surface area (Å²) >= 11 is 0. The first-order chi connectivity index (χ1) is 11.9. The van der Waals surface area contributed by atoms with Gasteiger partial charge in [0.15, 0.2) is 0 Å². The number of carbonyl (C=O) groups is 2. The van der Waals surface area contributed by atoms with E-state index in [1.807, 2.05) is 19.6 Å². The number of hydrogen-bond acceptors (Lipinski definition) is 4. The molecule has 0 saturated heterocycles. The predicted molar refractivity (Wildman–Crippen MR) is 93.6 cm³/mol. The second-order valence-electron chi connectivity index (χ2n) is 7.13. The topological polar surface area (TPSA) is 64.6 Å². The summed E-state index contributed by atoms with van der Waals surface area (Å²) in [6.45, 7) is 6.11. The largest absolute Gasteiger partial charge is 0.467 e. The van der Waals surface area contributed by atoms with Gasteiger partial charge in [-0.1, -0.05) is 50.0 Å². The Balaban J connectivity index is 3.06. The van der Waals surface area contributed by atoms with Gasteiger partial charge in [0.1, 0.15) is 0 Å². The molecular weight excluding hydrogens is 367 g/mol. The molecule has 0 fully saturated rings. The maximum Gasteiger partial charge on any atom is 0.422 e. The van der Waals surface area contributed by atoms with Crippen LogP contribution in [0.5, 0.6) is 0 Å². The van der Waals surface area contributed by atoms with E-state index in [0.717, 1.165) is 7.11 Å². The SMILES string of the molecule is COC(=O)[C@@](Cc1ccccc1)(NC(=O)OCC[Si](C)(C)C)C(F)(F)F. The van der Waals surface area contributed by atoms with E-state index in [2.05, 4.69) is 4.74 Å². The van der Waals surface area contributed by atoms with E-state index in [0.29, 0.717) is 6.04 Å². The van der Waals surface area contributed by atoms with Crippen molar-refractivity contribution in [1.29, 1.82) is 0 Å². The first kappa shape index (κ1) is 22.0. The highest BCUT2D eigenvalue weighted by Crippen LogP contribution is 2.35. The van der Waals surface area contributed by atoms with Crippen LogP contribution in [-0.2, 0) is 20.7 Å². The van der Waals surface area contributed by atoms with Gasteiger partial charge in [-0.05, 0) is 11.6 Å². The van der Waals surface area contributed by atoms with Gasteiger partial charge in [0.25, 0.3) is 0 Å². The molecule has 1 aromatic rings. The van der Waals surface area contributed by atoms with Crippen LogP contribution in [0.15, 0.2) is 30.3 Å². The number of nitrogens with one attached hydrogen (secondary N) is 1. The number of methoxy groups -OCH3 is 1. The van der Waals surface area contributed by atoms with Crippen molar-refractivity contribution >= 4 is 20.1 Å². The first-order valence-electron chi connectivity index (χ1n) is 8.05. The number of benzene rings is 1. The van der Waals surface area contributed by atoms with Crippen molar-refractivity contribution in [2.75, 3.05) is 13.7 Å². The van der Waals surface area contributed by atoms with Gasteiger partial charge in [-0.3, -0.25) is 5.32 Å². The second-order valence-corrected chi connectivity index (χ2v) is 12.7. The zero-order valence-electron chi connectivity index (χ0n) is 15.3. The third kappa shape index (κ3) is 6.05. The van der Waals surface area contributed by atoms with Crippen LogP contribution in [0.3, 0.4) is 0 Å². The molecule has 1 amide bonds. The molecule has 1 aromatic carbocycles. The molecule has 0 radical (unpaired) electrons. The van der Waals surface area contributed by atoms with E-state index in [4.69, 9.17) is 4.74 Å². The summed E-state index contributed by atoms with van der Waals surface area (Å²) in [5, 5.41) is 1.71. The second kappa shape index (κ2) is 8.57. The number of amides is 1. The van der Waals surface area contributed by atoms with Crippen LogP contribution >= 0.6 is 0 Å². The number of alkyl carbamates (subject to hydrolysis) is 1. The van der Waals surface area contributed by atoms with Crippen molar-refractivity contribution in [1.82, 2.24) is 5.32 Å². The first-order valence-corrected chi connectivity index (χ1v) is 11.8. The van der Waals surface area contributed by atoms with E-state index in [9.17, 15) is 22.8 Å². The number of halogens is 3. The maximum absolute atomic E-state index is 13.8. The van der Waals surface area contributed by atoms with Gasteiger partial charge in [-0.2, -0.15) is 13.2 Å². The standard InChI is InChI=1S/C17H24F3NO4Si/c1-24-14(22)16(17(18,19)20,12-13-8-6-5-7-9-13)21-15(23)25-10-11-26(2,3)4/h5-9H,10-12H2,1-4H3,(H,21,23)/t16-/m1/s1. The number of esters is 1. The summed E-state index contributed by atoms with van der Waals surface area (Å²) in [6.07, 6.45) is -7.18. The summed E-state index contributed by atoms with van der Waals surface area (Å²) in [7, 11) is -0.689. The number of rotatable bonds is 7. The molecule has 0 bridgehead atoms. The quantitative estimate of drug-likeness (QED) is 0.568. The monoisotopic (exact) mass is 391 g/mol. The van der Waals surface area contributed by atoms with Crippen molar-refractivity contribution in [2.45, 2.75) is 43.8 Å². The van der Waals surface area contributed by atoms with Crippen LogP contribution in [-0.4, -0.2) is 45.6 Å². The van der Waals surface area contributed by atoms with Crippen LogP contribution in [0.2, 0.25) is 25.7 Å². The fraction of sp³-hybridized carbons (Fsp3) is 0.529. The molecule has 26 heavy (non-hydrogen) atoms. The molecule has 0 spiro atoms. The van der Waals surface area contributed by atoms with Gasteiger partial charge in [0, 0.05) is 14.5 Å². The van der Waals surface area contributed by atoms with E-state index in [1.54, 1.807) is 23.5 Å². The molecule has 0 heterocycles. The third-order valence-electron chi connectivity index (χ3n) is 3.73. The molecule has 0 aliphatic carbocycles. The summed E-state index contributed by atoms with van der Waals surface area (Å²) in [4.78, 5) is 24.0. The minimum absolute atomic E-state index is 0.0119. The smallest absolute Gasteiger partial charge is 0.422 e. The zero-order chi connectivity index (χ0) is 20.0. The van der Waals surface area contributed by atoms with Crippen molar-refractivity contribution in [3.05, 3.63) is 35.9 Å². The minimum Gasteiger partial charge on any atom is -0.467 e. The Hall–Kier alpha value is -2.03. The number of hydrogen-bond donors (Lipinski definition) is 1. The molecule has 0 aliphatic heterocycles. The van der Waals surface area contributed by atoms with Crippen molar-refractivity contribution in [3.8, 4) is 0 Å². The van der Waals surface area contributed by atoms with Gasteiger partial charge in [-0.25, -0.2) is 9.59 Å². The minimum atomic E-state index is -5.08. The van der Waals surface area contributed by atoms with Gasteiger partial charge in [0.05, 0.1) is 13.7 Å². The summed E-state index contributed by atoms with van der Waals surface area (Å²) in [5.74, 6) is -1.60. The Morgan fingerprint density at radius 2 is 1.69 bits per heavy atom. The van der Waals surface area contributed by atoms with Crippen LogP contribution in [0, 0.1) is 0 Å². The lowest BCUT2D eigenvalue weighted by molar-refractivity contribution is -0.210. The lowest BCUT2D eigenvalue weighted by Crippen LogP contribution is -2.65. The molecular formula is C17H24F3NO4Si. The van der Waals surface area contributed by atoms with E-state index >= 15 is 0 Å². The van der Waals surface area contributed by atoms with Gasteiger partial charge in [0.2, 0.25) is 5.54 Å². The third-order valence-corrected chi connectivity index (χ3v) is 5.43. The fourth-order valence-corrected chi connectivity index (χ4v) is 2.91. The molecule has 1 atom stereocenters. The fourth-order valence-electron chi connectivity index (χ4n) is 2.19. The average molecular weight is 391 g/mol. The van der Waals surface area contributed by atoms with Gasteiger partial charge >= 0.3 is 18.2 Å². The summed E-state index contributed by atoms with van der Waals surface area (Å²) in [6, 6.07) is 8.18. The molecule has 9 heteroatoms. The molecule has 1 rings (SSSR count). The Labute approximate surface area is 151 Å². The number of alkyl halides is 3. The van der Waals surface area contributed by atoms with Crippen molar-refractivity contribution in [3.63, 3.8) is 0 Å². The lowest BCUT2D eigenvalue weighted by atomic mass is 9.90. The van der Waals surface area contributed by atoms with E-state index in [-0.39, 0.29) is 12.2 Å². The molecule has 0 unspecified atom stereocenters. The maximum atomic E-state index is 13.8. The van der Waals surface area contributed by atoms with Crippen LogP contribution in [0.4, 0.5) is 18.0 Å². The van der Waals surface area contributed by atoms with Crippen molar-refractivity contribution < 1.29 is 32.2 Å². The van der Waals surface area contributed by atoms with Gasteiger partial charge in [-0.15, -0.1) is 0 Å². The zero-order valence-corrected chi connectivity index (χ0v) is 16.3.